The van der Waals surface area contributed by atoms with E-state index in [4.69, 9.17) is 5.73 Å². The molecule has 2 rings (SSSR count). The highest BCUT2D eigenvalue weighted by atomic mass is 35.5. The quantitative estimate of drug-likeness (QED) is 0.896. The van der Waals surface area contributed by atoms with Crippen LogP contribution in [0.1, 0.15) is 48.0 Å². The molecule has 0 aliphatic heterocycles. The number of nitrogens with two attached hydrogens (primary N) is 1. The minimum Gasteiger partial charge on any atom is -0.348 e. The lowest BCUT2D eigenvalue weighted by Crippen LogP contribution is -2.45. The van der Waals surface area contributed by atoms with E-state index in [9.17, 15) is 9.18 Å². The van der Waals surface area contributed by atoms with Gasteiger partial charge in [0.05, 0.1) is 0 Å². The second-order valence-corrected chi connectivity index (χ2v) is 5.73. The molecule has 1 aliphatic carbocycles. The molecule has 0 aromatic heterocycles. The first-order valence-electron chi connectivity index (χ1n) is 7.38. The zero-order valence-electron chi connectivity index (χ0n) is 12.4. The van der Waals surface area contributed by atoms with Crippen molar-refractivity contribution >= 4 is 18.3 Å². The highest BCUT2D eigenvalue weighted by Crippen LogP contribution is 2.26. The number of benzene rings is 1. The maximum absolute atomic E-state index is 13.4. The van der Waals surface area contributed by atoms with E-state index in [1.54, 1.807) is 13.0 Å². The lowest BCUT2D eigenvalue weighted by molar-refractivity contribution is 0.0915. The average molecular weight is 315 g/mol. The summed E-state index contributed by atoms with van der Waals surface area (Å²) in [6.07, 6.45) is 5.91. The number of hydrogen-bond donors (Lipinski definition) is 2. The third-order valence-corrected chi connectivity index (χ3v) is 4.09. The second-order valence-electron chi connectivity index (χ2n) is 5.73. The van der Waals surface area contributed by atoms with Gasteiger partial charge in [0.2, 0.25) is 0 Å². The van der Waals surface area contributed by atoms with E-state index >= 15 is 0 Å². The lowest BCUT2D eigenvalue weighted by atomic mass is 9.84. The molecule has 1 aliphatic rings. The number of amides is 1. The number of nitrogens with one attached hydrogen (secondary N) is 1. The van der Waals surface area contributed by atoms with E-state index in [-0.39, 0.29) is 30.2 Å². The molecule has 1 aromatic carbocycles. The van der Waals surface area contributed by atoms with Crippen LogP contribution in [-0.2, 0) is 0 Å². The minimum absolute atomic E-state index is 0. The number of carbonyl (C=O) groups excluding carboxylic acids is 1. The van der Waals surface area contributed by atoms with E-state index < -0.39 is 0 Å². The molecular formula is C16H24ClFN2O. The van der Waals surface area contributed by atoms with Gasteiger partial charge in [-0.1, -0.05) is 19.3 Å². The van der Waals surface area contributed by atoms with Crippen molar-refractivity contribution in [3.05, 3.63) is 35.1 Å². The number of aryl methyl sites for hydroxylation is 1. The Morgan fingerprint density at radius 2 is 2.00 bits per heavy atom. The van der Waals surface area contributed by atoms with Crippen LogP contribution >= 0.6 is 12.4 Å². The van der Waals surface area contributed by atoms with Crippen molar-refractivity contribution in [3.63, 3.8) is 0 Å². The second kappa shape index (κ2) is 8.35. The minimum atomic E-state index is -0.378. The molecule has 1 amide bonds. The molecule has 3 N–H and O–H groups in total. The van der Waals surface area contributed by atoms with Crippen molar-refractivity contribution in [2.45, 2.75) is 45.1 Å². The molecule has 0 radical (unpaired) electrons. The van der Waals surface area contributed by atoms with Crippen molar-refractivity contribution in [1.82, 2.24) is 5.32 Å². The Balaban J connectivity index is 0.00000220. The average Bonchev–Trinajstić information content (AvgIpc) is 2.44. The van der Waals surface area contributed by atoms with Gasteiger partial charge in [-0.25, -0.2) is 4.39 Å². The molecule has 1 aromatic rings. The fourth-order valence-corrected chi connectivity index (χ4v) is 3.02. The van der Waals surface area contributed by atoms with Gasteiger partial charge in [0.25, 0.3) is 5.91 Å². The summed E-state index contributed by atoms with van der Waals surface area (Å²) in [4.78, 5) is 12.2. The van der Waals surface area contributed by atoms with Gasteiger partial charge in [-0.15, -0.1) is 12.4 Å². The van der Waals surface area contributed by atoms with Gasteiger partial charge in [-0.3, -0.25) is 4.79 Å². The lowest BCUT2D eigenvalue weighted by Gasteiger charge is -2.30. The molecule has 1 fully saturated rings. The maximum atomic E-state index is 13.4. The Morgan fingerprint density at radius 3 is 2.57 bits per heavy atom. The standard InChI is InChI=1S/C16H23FN2O.ClH/c1-11-7-13(9-14(17)8-11)16(20)19-15(10-18)12-5-3-2-4-6-12;/h7-9,12,15H,2-6,10,18H2,1H3,(H,19,20);1H. The Morgan fingerprint density at radius 1 is 1.33 bits per heavy atom. The highest BCUT2D eigenvalue weighted by molar-refractivity contribution is 5.94. The topological polar surface area (TPSA) is 55.1 Å². The predicted octanol–water partition coefficient (Wildman–Crippen LogP) is 3.19. The predicted molar refractivity (Wildman–Crippen MR) is 85.3 cm³/mol. The van der Waals surface area contributed by atoms with Gasteiger partial charge in [0, 0.05) is 18.2 Å². The largest absolute Gasteiger partial charge is 0.348 e. The third-order valence-electron chi connectivity index (χ3n) is 4.09. The fraction of sp³-hybridized carbons (Fsp3) is 0.562. The van der Waals surface area contributed by atoms with Crippen molar-refractivity contribution < 1.29 is 9.18 Å². The summed E-state index contributed by atoms with van der Waals surface area (Å²) in [5.41, 5.74) is 6.92. The van der Waals surface area contributed by atoms with E-state index in [1.807, 2.05) is 0 Å². The van der Waals surface area contributed by atoms with E-state index in [0.29, 0.717) is 18.0 Å². The van der Waals surface area contributed by atoms with Crippen LogP contribution in [0.3, 0.4) is 0 Å². The molecular weight excluding hydrogens is 291 g/mol. The Labute approximate surface area is 131 Å². The van der Waals surface area contributed by atoms with Crippen molar-refractivity contribution in [1.29, 1.82) is 0 Å². The van der Waals surface area contributed by atoms with E-state index in [1.165, 1.54) is 31.4 Å². The first kappa shape index (κ1) is 17.9. The SMILES string of the molecule is Cc1cc(F)cc(C(=O)NC(CN)C2CCCCC2)c1.Cl. The van der Waals surface area contributed by atoms with Gasteiger partial charge >= 0.3 is 0 Å². The van der Waals surface area contributed by atoms with Crippen LogP contribution in [-0.4, -0.2) is 18.5 Å². The first-order chi connectivity index (χ1) is 9.60. The summed E-state index contributed by atoms with van der Waals surface area (Å²) < 4.78 is 13.4. The molecule has 3 nitrogen and oxygen atoms in total. The summed E-state index contributed by atoms with van der Waals surface area (Å²) in [6.45, 7) is 2.21. The number of rotatable bonds is 4. The van der Waals surface area contributed by atoms with Gasteiger partial charge < -0.3 is 11.1 Å². The van der Waals surface area contributed by atoms with Gasteiger partial charge in [-0.05, 0) is 49.4 Å². The molecule has 0 heterocycles. The van der Waals surface area contributed by atoms with Crippen LogP contribution < -0.4 is 11.1 Å². The Hall–Kier alpha value is -1.13. The zero-order chi connectivity index (χ0) is 14.5. The van der Waals surface area contributed by atoms with E-state index in [2.05, 4.69) is 5.32 Å². The van der Waals surface area contributed by atoms with Crippen LogP contribution in [0.15, 0.2) is 18.2 Å². The van der Waals surface area contributed by atoms with Crippen LogP contribution in [0, 0.1) is 18.7 Å². The number of halogens is 2. The van der Waals surface area contributed by atoms with Gasteiger partial charge in [0.15, 0.2) is 0 Å². The number of carbonyl (C=O) groups is 1. The van der Waals surface area contributed by atoms with Crippen molar-refractivity contribution in [2.24, 2.45) is 11.7 Å². The molecule has 118 valence electrons. The summed E-state index contributed by atoms with van der Waals surface area (Å²) in [5, 5.41) is 2.98. The van der Waals surface area contributed by atoms with E-state index in [0.717, 1.165) is 18.4 Å². The summed E-state index contributed by atoms with van der Waals surface area (Å²) in [6, 6.07) is 4.38. The zero-order valence-corrected chi connectivity index (χ0v) is 13.2. The summed E-state index contributed by atoms with van der Waals surface area (Å²) >= 11 is 0. The maximum Gasteiger partial charge on any atom is 0.251 e. The van der Waals surface area contributed by atoms with Gasteiger partial charge in [0.1, 0.15) is 5.82 Å². The summed E-state index contributed by atoms with van der Waals surface area (Å²) in [5.74, 6) is -0.155. The first-order valence-corrected chi connectivity index (χ1v) is 7.38. The molecule has 0 bridgehead atoms. The normalized spacial score (nSPS) is 16.9. The Kier molecular flexibility index (Phi) is 7.12. The van der Waals surface area contributed by atoms with Crippen LogP contribution in [0.25, 0.3) is 0 Å². The van der Waals surface area contributed by atoms with Crippen molar-refractivity contribution in [3.8, 4) is 0 Å². The van der Waals surface area contributed by atoms with Crippen LogP contribution in [0.5, 0.6) is 0 Å². The van der Waals surface area contributed by atoms with Gasteiger partial charge in [-0.2, -0.15) is 0 Å². The molecule has 21 heavy (non-hydrogen) atoms. The summed E-state index contributed by atoms with van der Waals surface area (Å²) in [7, 11) is 0. The third kappa shape index (κ3) is 4.97. The highest BCUT2D eigenvalue weighted by Gasteiger charge is 2.24. The molecule has 5 heteroatoms. The number of hydrogen-bond acceptors (Lipinski definition) is 2. The molecule has 1 atom stereocenters. The molecule has 0 spiro atoms. The smallest absolute Gasteiger partial charge is 0.251 e. The monoisotopic (exact) mass is 314 g/mol. The Bertz CT molecular complexity index is 455. The molecule has 0 saturated heterocycles. The molecule has 1 unspecified atom stereocenters. The van der Waals surface area contributed by atoms with Crippen LogP contribution in [0.2, 0.25) is 0 Å². The van der Waals surface area contributed by atoms with Crippen LogP contribution in [0.4, 0.5) is 4.39 Å². The van der Waals surface area contributed by atoms with Crippen molar-refractivity contribution in [2.75, 3.05) is 6.54 Å². The fourth-order valence-electron chi connectivity index (χ4n) is 3.02. The molecule has 1 saturated carbocycles.